The Kier molecular flexibility index (Phi) is 7.75. The molecule has 2 aromatic rings. The van der Waals surface area contributed by atoms with Crippen LogP contribution in [0.4, 0.5) is 5.69 Å². The van der Waals surface area contributed by atoms with Crippen LogP contribution in [-0.2, 0) is 19.6 Å². The van der Waals surface area contributed by atoms with E-state index < -0.39 is 34.1 Å². The van der Waals surface area contributed by atoms with E-state index in [-0.39, 0.29) is 16.2 Å². The van der Waals surface area contributed by atoms with Crippen molar-refractivity contribution in [3.63, 3.8) is 0 Å². The second-order valence-corrected chi connectivity index (χ2v) is 8.81. The van der Waals surface area contributed by atoms with Gasteiger partial charge in [-0.05, 0) is 44.0 Å². The Morgan fingerprint density at radius 2 is 1.71 bits per heavy atom. The van der Waals surface area contributed by atoms with E-state index >= 15 is 0 Å². The molecule has 1 aromatic heterocycles. The fraction of sp³-hybridized carbons (Fsp3) is 0.381. The number of ether oxygens (including phenoxy) is 1. The van der Waals surface area contributed by atoms with Crippen molar-refractivity contribution >= 4 is 27.6 Å². The lowest BCUT2D eigenvalue weighted by atomic mass is 10.1. The molecule has 0 aliphatic rings. The van der Waals surface area contributed by atoms with Gasteiger partial charge < -0.3 is 14.5 Å². The van der Waals surface area contributed by atoms with Crippen LogP contribution in [0.25, 0.3) is 0 Å². The first-order chi connectivity index (χ1) is 14.5. The first-order valence-corrected chi connectivity index (χ1v) is 11.1. The molecule has 0 radical (unpaired) electrons. The van der Waals surface area contributed by atoms with E-state index in [4.69, 9.17) is 9.15 Å². The van der Waals surface area contributed by atoms with Gasteiger partial charge in [-0.3, -0.25) is 4.79 Å². The van der Waals surface area contributed by atoms with Crippen molar-refractivity contribution in [1.82, 2.24) is 4.31 Å². The second-order valence-electron chi connectivity index (χ2n) is 6.87. The normalized spacial score (nSPS) is 11.4. The summed E-state index contributed by atoms with van der Waals surface area (Å²) < 4.78 is 36.7. The second kappa shape index (κ2) is 9.88. The van der Waals surface area contributed by atoms with Crippen LogP contribution in [0.2, 0.25) is 0 Å². The van der Waals surface area contributed by atoms with Gasteiger partial charge in [0.15, 0.2) is 6.61 Å². The SMILES string of the molecule is CCN(CC)S(=O)(=O)c1ccc(C)c(NC(=O)COC(=O)c2c(C)cc(=O)oc2C)c1. The van der Waals surface area contributed by atoms with Crippen LogP contribution in [0.1, 0.15) is 41.1 Å². The zero-order chi connectivity index (χ0) is 23.3. The maximum atomic E-state index is 12.7. The minimum Gasteiger partial charge on any atom is -0.452 e. The predicted octanol–water partition coefficient (Wildman–Crippen LogP) is 2.39. The van der Waals surface area contributed by atoms with Gasteiger partial charge in [-0.1, -0.05) is 19.9 Å². The maximum absolute atomic E-state index is 12.7. The fourth-order valence-electron chi connectivity index (χ4n) is 3.06. The number of anilines is 1. The molecule has 0 fully saturated rings. The third kappa shape index (κ3) is 5.59. The molecule has 10 heteroatoms. The van der Waals surface area contributed by atoms with Gasteiger partial charge in [0, 0.05) is 24.8 Å². The number of carbonyl (C=O) groups excluding carboxylic acids is 2. The standard InChI is InChI=1S/C21H26N2O7S/c1-6-23(7-2)31(27,28)16-9-8-13(3)17(11-16)22-18(24)12-29-21(26)20-14(4)10-19(25)30-15(20)5/h8-11H,6-7,12H2,1-5H3,(H,22,24). The van der Waals surface area contributed by atoms with Crippen LogP contribution < -0.4 is 10.9 Å². The average Bonchev–Trinajstić information content (AvgIpc) is 2.68. The van der Waals surface area contributed by atoms with E-state index in [1.165, 1.54) is 23.4 Å². The largest absolute Gasteiger partial charge is 0.452 e. The van der Waals surface area contributed by atoms with E-state index in [1.807, 2.05) is 0 Å². The summed E-state index contributed by atoms with van der Waals surface area (Å²) in [6.07, 6.45) is 0. The molecule has 1 N–H and O–H groups in total. The Balaban J connectivity index is 2.14. The zero-order valence-electron chi connectivity index (χ0n) is 18.1. The molecule has 168 valence electrons. The molecule has 0 saturated carbocycles. The Morgan fingerprint density at radius 3 is 2.29 bits per heavy atom. The van der Waals surface area contributed by atoms with Crippen molar-refractivity contribution in [2.24, 2.45) is 0 Å². The molecule has 0 atom stereocenters. The summed E-state index contributed by atoms with van der Waals surface area (Å²) in [6, 6.07) is 5.61. The molecular formula is C21H26N2O7S. The smallest absolute Gasteiger partial charge is 0.342 e. The van der Waals surface area contributed by atoms with Crippen molar-refractivity contribution in [2.45, 2.75) is 39.5 Å². The highest BCUT2D eigenvalue weighted by Crippen LogP contribution is 2.23. The Morgan fingerprint density at radius 1 is 1.06 bits per heavy atom. The van der Waals surface area contributed by atoms with Crippen LogP contribution in [0.15, 0.2) is 38.4 Å². The summed E-state index contributed by atoms with van der Waals surface area (Å²) in [5.74, 6) is -1.34. The molecule has 31 heavy (non-hydrogen) atoms. The number of rotatable bonds is 8. The average molecular weight is 451 g/mol. The molecular weight excluding hydrogens is 424 g/mol. The molecule has 2 rings (SSSR count). The number of sulfonamides is 1. The summed E-state index contributed by atoms with van der Waals surface area (Å²) >= 11 is 0. The van der Waals surface area contributed by atoms with Crippen molar-refractivity contribution in [3.05, 3.63) is 57.1 Å². The molecule has 0 saturated heterocycles. The Labute approximate surface area is 181 Å². The molecule has 1 heterocycles. The summed E-state index contributed by atoms with van der Waals surface area (Å²) in [5.41, 5.74) is 0.821. The molecule has 0 bridgehead atoms. The molecule has 1 aromatic carbocycles. The van der Waals surface area contributed by atoms with E-state index in [2.05, 4.69) is 5.32 Å². The van der Waals surface area contributed by atoms with Gasteiger partial charge in [0.05, 0.1) is 4.90 Å². The van der Waals surface area contributed by atoms with Crippen LogP contribution in [-0.4, -0.2) is 44.3 Å². The summed E-state index contributed by atoms with van der Waals surface area (Å²) in [7, 11) is -3.69. The minimum absolute atomic E-state index is 0.0552. The number of hydrogen-bond donors (Lipinski definition) is 1. The van der Waals surface area contributed by atoms with Crippen molar-refractivity contribution in [2.75, 3.05) is 25.0 Å². The molecule has 0 unspecified atom stereocenters. The van der Waals surface area contributed by atoms with E-state index in [0.717, 1.165) is 6.07 Å². The Hall–Kier alpha value is -2.98. The van der Waals surface area contributed by atoms with Crippen LogP contribution in [0.5, 0.6) is 0 Å². The lowest BCUT2D eigenvalue weighted by molar-refractivity contribution is -0.119. The van der Waals surface area contributed by atoms with Gasteiger partial charge in [0.1, 0.15) is 11.3 Å². The fourth-order valence-corrected chi connectivity index (χ4v) is 4.55. The lowest BCUT2D eigenvalue weighted by Crippen LogP contribution is -2.30. The van der Waals surface area contributed by atoms with Gasteiger partial charge in [0.2, 0.25) is 10.0 Å². The topological polar surface area (TPSA) is 123 Å². The quantitative estimate of drug-likeness (QED) is 0.613. The highest BCUT2D eigenvalue weighted by molar-refractivity contribution is 7.89. The van der Waals surface area contributed by atoms with Crippen LogP contribution in [0.3, 0.4) is 0 Å². The highest BCUT2D eigenvalue weighted by Gasteiger charge is 2.23. The lowest BCUT2D eigenvalue weighted by Gasteiger charge is -2.19. The molecule has 0 spiro atoms. The predicted molar refractivity (Wildman–Crippen MR) is 115 cm³/mol. The van der Waals surface area contributed by atoms with Gasteiger partial charge in [-0.25, -0.2) is 18.0 Å². The first kappa shape index (κ1) is 24.3. The third-order valence-electron chi connectivity index (χ3n) is 4.70. The summed E-state index contributed by atoms with van der Waals surface area (Å²) in [6.45, 7) is 8.27. The minimum atomic E-state index is -3.69. The maximum Gasteiger partial charge on any atom is 0.342 e. The van der Waals surface area contributed by atoms with Crippen LogP contribution >= 0.6 is 0 Å². The number of hydrogen-bond acceptors (Lipinski definition) is 7. The van der Waals surface area contributed by atoms with E-state index in [0.29, 0.717) is 29.9 Å². The number of nitrogens with zero attached hydrogens (tertiary/aromatic N) is 1. The monoisotopic (exact) mass is 450 g/mol. The van der Waals surface area contributed by atoms with Crippen molar-refractivity contribution in [3.8, 4) is 0 Å². The van der Waals surface area contributed by atoms with Gasteiger partial charge in [0.25, 0.3) is 5.91 Å². The van der Waals surface area contributed by atoms with Crippen molar-refractivity contribution in [1.29, 1.82) is 0 Å². The number of esters is 1. The zero-order valence-corrected chi connectivity index (χ0v) is 19.0. The number of carbonyl (C=O) groups is 2. The van der Waals surface area contributed by atoms with Gasteiger partial charge >= 0.3 is 11.6 Å². The van der Waals surface area contributed by atoms with Crippen LogP contribution in [0, 0.1) is 20.8 Å². The van der Waals surface area contributed by atoms with E-state index in [1.54, 1.807) is 33.8 Å². The summed E-state index contributed by atoms with van der Waals surface area (Å²) in [4.78, 5) is 36.0. The van der Waals surface area contributed by atoms with Gasteiger partial charge in [-0.15, -0.1) is 0 Å². The molecule has 0 aliphatic heterocycles. The third-order valence-corrected chi connectivity index (χ3v) is 6.75. The first-order valence-electron chi connectivity index (χ1n) is 9.70. The summed E-state index contributed by atoms with van der Waals surface area (Å²) in [5, 5.41) is 2.57. The Bertz CT molecular complexity index is 1120. The number of amides is 1. The highest BCUT2D eigenvalue weighted by atomic mass is 32.2. The number of nitrogens with one attached hydrogen (secondary N) is 1. The number of aryl methyl sites for hydroxylation is 3. The van der Waals surface area contributed by atoms with E-state index in [9.17, 15) is 22.8 Å². The van der Waals surface area contributed by atoms with Crippen molar-refractivity contribution < 1.29 is 27.2 Å². The molecule has 9 nitrogen and oxygen atoms in total. The molecule has 1 amide bonds. The van der Waals surface area contributed by atoms with Gasteiger partial charge in [-0.2, -0.15) is 4.31 Å². The molecule has 0 aliphatic carbocycles. The number of benzene rings is 1.